The van der Waals surface area contributed by atoms with Crippen molar-refractivity contribution in [3.05, 3.63) is 119 Å². The van der Waals surface area contributed by atoms with E-state index in [-0.39, 0.29) is 0 Å². The highest BCUT2D eigenvalue weighted by Crippen LogP contribution is 2.39. The molecule has 0 radical (unpaired) electrons. The summed E-state index contributed by atoms with van der Waals surface area (Å²) in [6.45, 7) is 9.55. The van der Waals surface area contributed by atoms with Gasteiger partial charge in [-0.2, -0.15) is 0 Å². The molecular formula is C40H46O8S. The van der Waals surface area contributed by atoms with Crippen LogP contribution in [0.4, 0.5) is 0 Å². The van der Waals surface area contributed by atoms with Gasteiger partial charge in [-0.25, -0.2) is 8.42 Å². The lowest BCUT2D eigenvalue weighted by Gasteiger charge is -2.22. The van der Waals surface area contributed by atoms with E-state index in [2.05, 4.69) is 0 Å². The van der Waals surface area contributed by atoms with Crippen LogP contribution in [0, 0.1) is 0 Å². The first-order valence-electron chi connectivity index (χ1n) is 16.4. The van der Waals surface area contributed by atoms with Crippen LogP contribution in [0.3, 0.4) is 0 Å². The molecule has 0 N–H and O–H groups in total. The third-order valence-corrected chi connectivity index (χ3v) is 9.96. The van der Waals surface area contributed by atoms with E-state index >= 15 is 8.42 Å². The molecule has 0 saturated heterocycles. The number of hydrogen-bond acceptors (Lipinski definition) is 8. The largest absolute Gasteiger partial charge is 0.497 e. The number of ether oxygens (including phenoxy) is 6. The van der Waals surface area contributed by atoms with Crippen LogP contribution in [0.25, 0.3) is 12.2 Å². The Morgan fingerprint density at radius 1 is 0.510 bits per heavy atom. The van der Waals surface area contributed by atoms with Gasteiger partial charge in [-0.05, 0) is 87.4 Å². The van der Waals surface area contributed by atoms with Crippen molar-refractivity contribution in [3.8, 4) is 34.5 Å². The predicted octanol–water partition coefficient (Wildman–Crippen LogP) is 8.92. The normalized spacial score (nSPS) is 12.9. The molecule has 4 aromatic rings. The fraction of sp³-hybridized carbons (Fsp3) is 0.300. The first kappa shape index (κ1) is 36.9. The second kappa shape index (κ2) is 18.0. The van der Waals surface area contributed by atoms with E-state index in [9.17, 15) is 0 Å². The van der Waals surface area contributed by atoms with Gasteiger partial charge in [0.15, 0.2) is 9.84 Å². The summed E-state index contributed by atoms with van der Waals surface area (Å²) in [5.74, 6) is 3.79. The Morgan fingerprint density at radius 2 is 0.857 bits per heavy atom. The second-order valence-corrected chi connectivity index (χ2v) is 13.0. The number of hydrogen-bond donors (Lipinski definition) is 0. The Morgan fingerprint density at radius 3 is 1.18 bits per heavy atom. The molecule has 2 atom stereocenters. The van der Waals surface area contributed by atoms with Crippen LogP contribution in [-0.2, 0) is 9.84 Å². The maximum atomic E-state index is 15.0. The van der Waals surface area contributed by atoms with Crippen LogP contribution in [0.2, 0.25) is 0 Å². The molecule has 9 heteroatoms. The molecule has 0 aromatic heterocycles. The zero-order chi connectivity index (χ0) is 35.2. The van der Waals surface area contributed by atoms with Crippen molar-refractivity contribution in [1.82, 2.24) is 0 Å². The molecule has 0 aliphatic carbocycles. The van der Waals surface area contributed by atoms with E-state index in [1.54, 1.807) is 87.1 Å². The summed E-state index contributed by atoms with van der Waals surface area (Å²) in [7, 11) is -0.868. The maximum absolute atomic E-state index is 15.0. The average molecular weight is 687 g/mol. The summed E-state index contributed by atoms with van der Waals surface area (Å²) >= 11 is 0. The Hall–Kier alpha value is -4.89. The van der Waals surface area contributed by atoms with Crippen LogP contribution in [0.1, 0.15) is 60.4 Å². The number of methoxy groups -OCH3 is 2. The average Bonchev–Trinajstić information content (AvgIpc) is 3.11. The van der Waals surface area contributed by atoms with Crippen molar-refractivity contribution in [1.29, 1.82) is 0 Å². The molecule has 0 spiro atoms. The topological polar surface area (TPSA) is 89.5 Å². The minimum atomic E-state index is -4.02. The van der Waals surface area contributed by atoms with Crippen LogP contribution < -0.4 is 28.4 Å². The predicted molar refractivity (Wildman–Crippen MR) is 196 cm³/mol. The molecule has 0 heterocycles. The van der Waals surface area contributed by atoms with Crippen molar-refractivity contribution in [2.45, 2.75) is 38.2 Å². The lowest BCUT2D eigenvalue weighted by atomic mass is 10.1. The number of sulfone groups is 1. The van der Waals surface area contributed by atoms with Crippen molar-refractivity contribution in [3.63, 3.8) is 0 Å². The Balaban J connectivity index is 1.87. The van der Waals surface area contributed by atoms with E-state index < -0.39 is 20.3 Å². The number of benzene rings is 4. The SMILES string of the molecule is CCOc1ccc(C=CC(c2ccc(OC)cc2)S(=O)(=O)C(C=Cc2ccc(OCC)cc2OCC)c2ccc(OC)cc2)c(OCC)c1. The molecule has 0 saturated carbocycles. The molecule has 0 aliphatic rings. The summed E-state index contributed by atoms with van der Waals surface area (Å²) in [6.07, 6.45) is 7.01. The highest BCUT2D eigenvalue weighted by Gasteiger charge is 2.34. The van der Waals surface area contributed by atoms with Crippen molar-refractivity contribution in [2.24, 2.45) is 0 Å². The van der Waals surface area contributed by atoms with Gasteiger partial charge in [0.2, 0.25) is 0 Å². The third kappa shape index (κ3) is 9.60. The van der Waals surface area contributed by atoms with Gasteiger partial charge in [0, 0.05) is 23.3 Å². The van der Waals surface area contributed by atoms with Crippen molar-refractivity contribution < 1.29 is 36.8 Å². The smallest absolute Gasteiger partial charge is 0.171 e. The minimum absolute atomic E-state index is 0.441. The molecular weight excluding hydrogens is 640 g/mol. The molecule has 4 rings (SSSR count). The lowest BCUT2D eigenvalue weighted by molar-refractivity contribution is 0.322. The molecule has 8 nitrogen and oxygen atoms in total. The Labute approximate surface area is 290 Å². The molecule has 4 aromatic carbocycles. The summed E-state index contributed by atoms with van der Waals surface area (Å²) in [4.78, 5) is 0. The van der Waals surface area contributed by atoms with E-state index in [0.717, 1.165) is 11.1 Å². The Bertz CT molecular complexity index is 1670. The summed E-state index contributed by atoms with van der Waals surface area (Å²) in [5, 5.41) is -2.08. The van der Waals surface area contributed by atoms with Gasteiger partial charge in [0.05, 0.1) is 40.6 Å². The molecule has 2 unspecified atom stereocenters. The van der Waals surface area contributed by atoms with Gasteiger partial charge in [-0.15, -0.1) is 0 Å². The minimum Gasteiger partial charge on any atom is -0.497 e. The van der Waals surface area contributed by atoms with Gasteiger partial charge in [0.1, 0.15) is 45.0 Å². The second-order valence-electron chi connectivity index (χ2n) is 10.8. The number of rotatable bonds is 18. The van der Waals surface area contributed by atoms with Crippen LogP contribution >= 0.6 is 0 Å². The van der Waals surface area contributed by atoms with E-state index in [1.807, 2.05) is 64.1 Å². The zero-order valence-corrected chi connectivity index (χ0v) is 29.9. The molecule has 0 bridgehead atoms. The lowest BCUT2D eigenvalue weighted by Crippen LogP contribution is -2.19. The van der Waals surface area contributed by atoms with E-state index in [4.69, 9.17) is 28.4 Å². The third-order valence-electron chi connectivity index (χ3n) is 7.69. The maximum Gasteiger partial charge on any atom is 0.171 e. The molecule has 0 amide bonds. The summed E-state index contributed by atoms with van der Waals surface area (Å²) < 4.78 is 64.0. The highest BCUT2D eigenvalue weighted by molar-refractivity contribution is 7.92. The summed E-state index contributed by atoms with van der Waals surface area (Å²) in [5.41, 5.74) is 2.63. The van der Waals surface area contributed by atoms with Gasteiger partial charge in [-0.1, -0.05) is 48.6 Å². The molecule has 49 heavy (non-hydrogen) atoms. The van der Waals surface area contributed by atoms with Gasteiger partial charge in [-0.3, -0.25) is 0 Å². The van der Waals surface area contributed by atoms with Crippen LogP contribution in [-0.4, -0.2) is 49.1 Å². The van der Waals surface area contributed by atoms with Crippen molar-refractivity contribution in [2.75, 3.05) is 40.6 Å². The Kier molecular flexibility index (Phi) is 13.6. The van der Waals surface area contributed by atoms with E-state index in [0.29, 0.717) is 72.1 Å². The van der Waals surface area contributed by atoms with Gasteiger partial charge in [0.25, 0.3) is 0 Å². The molecule has 0 fully saturated rings. The van der Waals surface area contributed by atoms with Crippen LogP contribution in [0.15, 0.2) is 97.1 Å². The van der Waals surface area contributed by atoms with E-state index in [1.165, 1.54) is 0 Å². The first-order chi connectivity index (χ1) is 23.8. The first-order valence-corrected chi connectivity index (χ1v) is 18.0. The van der Waals surface area contributed by atoms with Gasteiger partial charge < -0.3 is 28.4 Å². The van der Waals surface area contributed by atoms with Crippen molar-refractivity contribution >= 4 is 22.0 Å². The quantitative estimate of drug-likeness (QED) is 0.103. The molecule has 260 valence electrons. The fourth-order valence-electron chi connectivity index (χ4n) is 5.33. The standard InChI is InChI=1S/C40H46O8S/c1-7-45-35-23-11-29(37(27-35)47-9-3)17-25-39(31-13-19-33(43-5)20-14-31)49(41,42)40(32-15-21-34(44-6)22-16-32)26-18-30-12-24-36(46-8-2)28-38(30)48-10-4/h11-28,39-40H,7-10H2,1-6H3. The monoisotopic (exact) mass is 686 g/mol. The zero-order valence-electron chi connectivity index (χ0n) is 29.0. The molecule has 0 aliphatic heterocycles. The highest BCUT2D eigenvalue weighted by atomic mass is 32.2. The van der Waals surface area contributed by atoms with Gasteiger partial charge >= 0.3 is 0 Å². The van der Waals surface area contributed by atoms with Crippen LogP contribution in [0.5, 0.6) is 34.5 Å². The summed E-state index contributed by atoms with van der Waals surface area (Å²) in [6, 6.07) is 25.2. The fourth-order valence-corrected chi connectivity index (χ4v) is 7.31.